The summed E-state index contributed by atoms with van der Waals surface area (Å²) in [5, 5.41) is 8.24. The van der Waals surface area contributed by atoms with Gasteiger partial charge in [-0.2, -0.15) is 10.2 Å². The summed E-state index contributed by atoms with van der Waals surface area (Å²) < 4.78 is 0. The van der Waals surface area contributed by atoms with E-state index >= 15 is 0 Å². The predicted molar refractivity (Wildman–Crippen MR) is 65.6 cm³/mol. The van der Waals surface area contributed by atoms with Crippen molar-refractivity contribution >= 4 is 11.9 Å². The minimum Gasteiger partial charge on any atom is -0.240 e. The minimum atomic E-state index is 1.05. The Morgan fingerprint density at radius 3 is 2.75 bits per heavy atom. The zero-order valence-electron chi connectivity index (χ0n) is 8.69. The molecule has 3 nitrogen and oxygen atoms in total. The fraction of sp³-hybridized carbons (Fsp3) is 0. The third-order valence-corrected chi connectivity index (χ3v) is 2.48. The standard InChI is InChI=1S/C13H11N3/c1-2-7-13(8-3-1)16-14-10-9-12-6-4-5-11-15(12)16/h1-11H. The molecule has 0 aliphatic carbocycles. The van der Waals surface area contributed by atoms with Crippen LogP contribution in [-0.2, 0) is 0 Å². The van der Waals surface area contributed by atoms with Gasteiger partial charge in [0.2, 0.25) is 0 Å². The molecule has 78 valence electrons. The quantitative estimate of drug-likeness (QED) is 0.708. The Morgan fingerprint density at radius 1 is 1.00 bits per heavy atom. The van der Waals surface area contributed by atoms with Crippen LogP contribution in [0.15, 0.2) is 71.6 Å². The molecule has 2 aliphatic heterocycles. The molecule has 2 aliphatic rings. The van der Waals surface area contributed by atoms with E-state index in [1.54, 1.807) is 0 Å². The summed E-state index contributed by atoms with van der Waals surface area (Å²) in [7, 11) is 0. The Hall–Kier alpha value is -2.29. The summed E-state index contributed by atoms with van der Waals surface area (Å²) in [4.78, 5) is 0. The zero-order chi connectivity index (χ0) is 10.8. The summed E-state index contributed by atoms with van der Waals surface area (Å²) in [6.45, 7) is 0. The number of benzene rings is 1. The maximum Gasteiger partial charge on any atom is 0.0840 e. The van der Waals surface area contributed by atoms with Crippen LogP contribution in [0, 0.1) is 0 Å². The van der Waals surface area contributed by atoms with Gasteiger partial charge in [0.05, 0.1) is 17.6 Å². The van der Waals surface area contributed by atoms with Crippen LogP contribution in [-0.4, -0.2) is 11.2 Å². The van der Waals surface area contributed by atoms with E-state index in [0.29, 0.717) is 0 Å². The number of hydrogen-bond acceptors (Lipinski definition) is 3. The van der Waals surface area contributed by atoms with Gasteiger partial charge in [-0.05, 0) is 30.4 Å². The second-order valence-electron chi connectivity index (χ2n) is 3.53. The van der Waals surface area contributed by atoms with E-state index in [1.807, 2.05) is 71.1 Å². The lowest BCUT2D eigenvalue weighted by molar-refractivity contribution is 0.435. The highest BCUT2D eigenvalue weighted by molar-refractivity contribution is 5.76. The number of para-hydroxylation sites is 1. The number of anilines is 1. The molecular weight excluding hydrogens is 198 g/mol. The second-order valence-corrected chi connectivity index (χ2v) is 3.53. The summed E-state index contributed by atoms with van der Waals surface area (Å²) >= 11 is 0. The molecule has 3 heteroatoms. The number of hydrogen-bond donors (Lipinski definition) is 0. The van der Waals surface area contributed by atoms with Crippen LogP contribution in [0.2, 0.25) is 0 Å². The van der Waals surface area contributed by atoms with Crippen LogP contribution in [0.4, 0.5) is 5.69 Å². The molecule has 1 aromatic carbocycles. The van der Waals surface area contributed by atoms with Gasteiger partial charge in [-0.3, -0.25) is 0 Å². The van der Waals surface area contributed by atoms with Gasteiger partial charge in [-0.25, -0.2) is 5.01 Å². The van der Waals surface area contributed by atoms with E-state index in [1.165, 1.54) is 0 Å². The fourth-order valence-corrected chi connectivity index (χ4v) is 1.73. The van der Waals surface area contributed by atoms with Crippen molar-refractivity contribution < 1.29 is 0 Å². The fourth-order valence-electron chi connectivity index (χ4n) is 1.73. The Bertz CT molecular complexity index is 497. The first-order valence-electron chi connectivity index (χ1n) is 5.18. The molecular formula is C13H11N3. The van der Waals surface area contributed by atoms with Crippen molar-refractivity contribution in [3.63, 3.8) is 0 Å². The van der Waals surface area contributed by atoms with Crippen LogP contribution in [0.3, 0.4) is 0 Å². The molecule has 0 saturated heterocycles. The molecule has 0 radical (unpaired) electrons. The van der Waals surface area contributed by atoms with Crippen molar-refractivity contribution in [1.82, 2.24) is 5.01 Å². The lowest BCUT2D eigenvalue weighted by Crippen LogP contribution is -2.36. The van der Waals surface area contributed by atoms with Gasteiger partial charge in [0, 0.05) is 6.20 Å². The van der Waals surface area contributed by atoms with Gasteiger partial charge in [0.1, 0.15) is 0 Å². The van der Waals surface area contributed by atoms with Gasteiger partial charge < -0.3 is 0 Å². The number of rotatable bonds is 1. The molecule has 0 spiro atoms. The maximum absolute atomic E-state index is 4.36. The second kappa shape index (κ2) is 3.70. The lowest BCUT2D eigenvalue weighted by Gasteiger charge is -2.34. The normalized spacial score (nSPS) is 17.4. The van der Waals surface area contributed by atoms with Crippen molar-refractivity contribution in [2.75, 3.05) is 5.12 Å². The molecule has 0 aromatic heterocycles. The maximum atomic E-state index is 4.36. The highest BCUT2D eigenvalue weighted by Crippen LogP contribution is 2.24. The van der Waals surface area contributed by atoms with Gasteiger partial charge in [0.25, 0.3) is 0 Å². The highest BCUT2D eigenvalue weighted by Gasteiger charge is 2.18. The minimum absolute atomic E-state index is 1.05. The van der Waals surface area contributed by atoms with Gasteiger partial charge in [-0.15, -0.1) is 0 Å². The van der Waals surface area contributed by atoms with Crippen LogP contribution in [0.25, 0.3) is 0 Å². The highest BCUT2D eigenvalue weighted by atomic mass is 15.8. The van der Waals surface area contributed by atoms with E-state index in [0.717, 1.165) is 11.4 Å². The molecule has 2 heterocycles. The molecule has 0 fully saturated rings. The number of nitrogens with zero attached hydrogens (tertiary/aromatic N) is 3. The van der Waals surface area contributed by atoms with Crippen LogP contribution >= 0.6 is 0 Å². The predicted octanol–water partition coefficient (Wildman–Crippen LogP) is 2.68. The van der Waals surface area contributed by atoms with Crippen LogP contribution < -0.4 is 5.12 Å². The Labute approximate surface area is 94.3 Å². The number of fused-ring (bicyclic) bond motifs is 1. The SMILES string of the molecule is C1=CC2=CC=NN(c3ccccc3)N2C=C1. The molecule has 1 aromatic rings. The lowest BCUT2D eigenvalue weighted by atomic mass is 10.2. The number of hydrazone groups is 1. The molecule has 0 saturated carbocycles. The summed E-state index contributed by atoms with van der Waals surface area (Å²) in [6, 6.07) is 10.1. The third-order valence-electron chi connectivity index (χ3n) is 2.48. The first-order valence-corrected chi connectivity index (χ1v) is 5.18. The first-order chi connectivity index (χ1) is 7.95. The van der Waals surface area contributed by atoms with E-state index in [-0.39, 0.29) is 0 Å². The molecule has 0 N–H and O–H groups in total. The Morgan fingerprint density at radius 2 is 1.88 bits per heavy atom. The summed E-state index contributed by atoms with van der Waals surface area (Å²) in [5.41, 5.74) is 2.16. The smallest absolute Gasteiger partial charge is 0.0840 e. The van der Waals surface area contributed by atoms with Crippen molar-refractivity contribution in [3.8, 4) is 0 Å². The molecule has 16 heavy (non-hydrogen) atoms. The Balaban J connectivity index is 1.99. The van der Waals surface area contributed by atoms with E-state index in [2.05, 4.69) is 11.2 Å². The van der Waals surface area contributed by atoms with Gasteiger partial charge in [0.15, 0.2) is 0 Å². The third kappa shape index (κ3) is 1.42. The van der Waals surface area contributed by atoms with E-state index < -0.39 is 0 Å². The van der Waals surface area contributed by atoms with E-state index in [4.69, 9.17) is 0 Å². The van der Waals surface area contributed by atoms with Crippen molar-refractivity contribution in [2.45, 2.75) is 0 Å². The van der Waals surface area contributed by atoms with Gasteiger partial charge >= 0.3 is 0 Å². The van der Waals surface area contributed by atoms with Gasteiger partial charge in [-0.1, -0.05) is 24.3 Å². The van der Waals surface area contributed by atoms with Crippen molar-refractivity contribution in [1.29, 1.82) is 0 Å². The molecule has 0 atom stereocenters. The largest absolute Gasteiger partial charge is 0.240 e. The average molecular weight is 209 g/mol. The van der Waals surface area contributed by atoms with E-state index in [9.17, 15) is 0 Å². The number of hydrazine groups is 1. The summed E-state index contributed by atoms with van der Waals surface area (Å²) in [6.07, 6.45) is 11.9. The number of allylic oxidation sites excluding steroid dienone is 4. The van der Waals surface area contributed by atoms with Crippen LogP contribution in [0.1, 0.15) is 0 Å². The zero-order valence-corrected chi connectivity index (χ0v) is 8.69. The first kappa shape index (κ1) is 8.97. The molecule has 0 amide bonds. The molecule has 3 rings (SSSR count). The Kier molecular flexibility index (Phi) is 2.07. The van der Waals surface area contributed by atoms with Crippen molar-refractivity contribution in [3.05, 3.63) is 66.5 Å². The van der Waals surface area contributed by atoms with Crippen LogP contribution in [0.5, 0.6) is 0 Å². The monoisotopic (exact) mass is 209 g/mol. The molecule has 0 unspecified atom stereocenters. The summed E-state index contributed by atoms with van der Waals surface area (Å²) in [5.74, 6) is 0. The average Bonchev–Trinajstić information content (AvgIpc) is 2.39. The van der Waals surface area contributed by atoms with Crippen molar-refractivity contribution in [2.24, 2.45) is 5.10 Å². The molecule has 0 bridgehead atoms. The topological polar surface area (TPSA) is 18.8 Å².